The van der Waals surface area contributed by atoms with E-state index in [0.717, 1.165) is 5.56 Å². The number of amides is 1. The second kappa shape index (κ2) is 15.1. The summed E-state index contributed by atoms with van der Waals surface area (Å²) < 4.78 is 46.3. The summed E-state index contributed by atoms with van der Waals surface area (Å²) in [6.07, 6.45) is 1.62. The predicted molar refractivity (Wildman–Crippen MR) is 139 cm³/mol. The first-order chi connectivity index (χ1) is 19.2. The molecule has 218 valence electrons. The highest BCUT2D eigenvalue weighted by molar-refractivity contribution is 5.98. The van der Waals surface area contributed by atoms with Crippen LogP contribution >= 0.6 is 0 Å². The zero-order valence-corrected chi connectivity index (χ0v) is 23.0. The lowest BCUT2D eigenvalue weighted by atomic mass is 9.88. The summed E-state index contributed by atoms with van der Waals surface area (Å²) in [6.45, 7) is 3.11. The molecule has 1 fully saturated rings. The van der Waals surface area contributed by atoms with E-state index in [-0.39, 0.29) is 48.1 Å². The van der Waals surface area contributed by atoms with Gasteiger partial charge in [-0.15, -0.1) is 0 Å². The molecule has 0 aliphatic carbocycles. The van der Waals surface area contributed by atoms with Crippen molar-refractivity contribution in [1.29, 1.82) is 0 Å². The Kier molecular flexibility index (Phi) is 11.6. The third-order valence-corrected chi connectivity index (χ3v) is 6.47. The van der Waals surface area contributed by atoms with Gasteiger partial charge in [0, 0.05) is 51.8 Å². The Morgan fingerprint density at radius 3 is 2.60 bits per heavy atom. The van der Waals surface area contributed by atoms with Crippen molar-refractivity contribution < 1.29 is 47.2 Å². The molecule has 12 heteroatoms. The number of hydrogen-bond acceptors (Lipinski definition) is 10. The van der Waals surface area contributed by atoms with Crippen molar-refractivity contribution in [3.05, 3.63) is 53.6 Å². The van der Waals surface area contributed by atoms with Gasteiger partial charge in [-0.05, 0) is 37.5 Å². The zero-order valence-electron chi connectivity index (χ0n) is 23.0. The largest absolute Gasteiger partial charge is 0.493 e. The minimum absolute atomic E-state index is 0.0520. The Morgan fingerprint density at radius 2 is 1.93 bits per heavy atom. The Labute approximate surface area is 232 Å². The molecule has 0 radical (unpaired) electrons. The topological polar surface area (TPSA) is 132 Å². The lowest BCUT2D eigenvalue weighted by molar-refractivity contribution is -0.154. The first-order valence-electron chi connectivity index (χ1n) is 12.9. The summed E-state index contributed by atoms with van der Waals surface area (Å²) >= 11 is 0. The van der Waals surface area contributed by atoms with Gasteiger partial charge < -0.3 is 33.7 Å². The highest BCUT2D eigenvalue weighted by Crippen LogP contribution is 2.30. The molecule has 1 aliphatic heterocycles. The third-order valence-electron chi connectivity index (χ3n) is 6.47. The SMILES string of the molecule is COCC[C@H]1OCC[C@H](NC(=O)c2nccc(OC)c2OCOC(C)=O)C(=O)O[C@@H](C)[C@@H]1Cc1ccc(F)cc1. The van der Waals surface area contributed by atoms with Crippen LogP contribution in [0.2, 0.25) is 0 Å². The summed E-state index contributed by atoms with van der Waals surface area (Å²) in [6, 6.07) is 6.58. The van der Waals surface area contributed by atoms with Gasteiger partial charge in [0.15, 0.2) is 17.2 Å². The van der Waals surface area contributed by atoms with E-state index in [4.69, 9.17) is 28.4 Å². The standard InChI is InChI=1S/C28H35FN2O9/c1-17-21(15-19-5-7-20(29)8-6-19)23(11-13-35-3)37-14-10-22(28(34)40-17)31-27(33)25-26(39-16-38-18(2)32)24(36-4)9-12-30-25/h5-9,12,17,21-23H,10-11,13-16H2,1-4H3,(H,31,33)/t17-,21-,22-,23+/m0/s1. The van der Waals surface area contributed by atoms with Crippen molar-refractivity contribution in [2.75, 3.05) is 34.2 Å². The molecular formula is C28H35FN2O9. The lowest BCUT2D eigenvalue weighted by Crippen LogP contribution is -2.44. The van der Waals surface area contributed by atoms with Gasteiger partial charge in [0.25, 0.3) is 5.91 Å². The van der Waals surface area contributed by atoms with Gasteiger partial charge in [-0.3, -0.25) is 9.59 Å². The lowest BCUT2D eigenvalue weighted by Gasteiger charge is -2.31. The first-order valence-corrected chi connectivity index (χ1v) is 12.9. The molecule has 40 heavy (non-hydrogen) atoms. The van der Waals surface area contributed by atoms with Gasteiger partial charge in [-0.25, -0.2) is 14.2 Å². The van der Waals surface area contributed by atoms with E-state index >= 15 is 0 Å². The number of benzene rings is 1. The van der Waals surface area contributed by atoms with Gasteiger partial charge in [0.2, 0.25) is 6.79 Å². The molecule has 3 rings (SSSR count). The minimum Gasteiger partial charge on any atom is -0.493 e. The number of methoxy groups -OCH3 is 2. The summed E-state index contributed by atoms with van der Waals surface area (Å²) in [7, 11) is 2.97. The normalized spacial score (nSPS) is 21.3. The van der Waals surface area contributed by atoms with Crippen molar-refractivity contribution in [2.45, 2.75) is 51.4 Å². The van der Waals surface area contributed by atoms with E-state index in [0.29, 0.717) is 19.4 Å². The number of cyclic esters (lactones) is 1. The number of aromatic nitrogens is 1. The maximum absolute atomic E-state index is 13.5. The van der Waals surface area contributed by atoms with E-state index in [2.05, 4.69) is 10.3 Å². The van der Waals surface area contributed by atoms with Crippen molar-refractivity contribution in [1.82, 2.24) is 10.3 Å². The van der Waals surface area contributed by atoms with Crippen molar-refractivity contribution in [2.24, 2.45) is 5.92 Å². The Morgan fingerprint density at radius 1 is 1.18 bits per heavy atom. The monoisotopic (exact) mass is 562 g/mol. The van der Waals surface area contributed by atoms with Crippen LogP contribution in [0.1, 0.15) is 42.7 Å². The number of rotatable bonds is 11. The third kappa shape index (κ3) is 8.62. The van der Waals surface area contributed by atoms with Gasteiger partial charge in [-0.1, -0.05) is 12.1 Å². The molecule has 1 saturated heterocycles. The van der Waals surface area contributed by atoms with Crippen LogP contribution in [0.15, 0.2) is 36.5 Å². The van der Waals surface area contributed by atoms with Crippen LogP contribution in [-0.4, -0.2) is 75.3 Å². The summed E-state index contributed by atoms with van der Waals surface area (Å²) in [4.78, 5) is 41.7. The number of hydrogen-bond donors (Lipinski definition) is 1. The second-order valence-electron chi connectivity index (χ2n) is 9.23. The van der Waals surface area contributed by atoms with Crippen LogP contribution in [-0.2, 0) is 35.0 Å². The molecule has 0 spiro atoms. The molecule has 0 unspecified atom stereocenters. The minimum atomic E-state index is -1.04. The van der Waals surface area contributed by atoms with E-state index < -0.39 is 36.8 Å². The molecule has 4 atom stereocenters. The summed E-state index contributed by atoms with van der Waals surface area (Å²) in [5.74, 6) is -2.38. The number of carbonyl (C=O) groups is 3. The van der Waals surface area contributed by atoms with Crippen molar-refractivity contribution in [3.8, 4) is 11.5 Å². The zero-order chi connectivity index (χ0) is 29.1. The summed E-state index contributed by atoms with van der Waals surface area (Å²) in [5, 5.41) is 2.66. The summed E-state index contributed by atoms with van der Waals surface area (Å²) in [5.41, 5.74) is 0.704. The van der Waals surface area contributed by atoms with Gasteiger partial charge in [0.1, 0.15) is 18.0 Å². The maximum Gasteiger partial charge on any atom is 0.329 e. The van der Waals surface area contributed by atoms with Crippen LogP contribution in [0.25, 0.3) is 0 Å². The number of nitrogens with zero attached hydrogens (tertiary/aromatic N) is 1. The fraction of sp³-hybridized carbons (Fsp3) is 0.500. The van der Waals surface area contributed by atoms with Crippen LogP contribution < -0.4 is 14.8 Å². The van der Waals surface area contributed by atoms with Gasteiger partial charge in [-0.2, -0.15) is 0 Å². The van der Waals surface area contributed by atoms with E-state index in [1.807, 2.05) is 0 Å². The van der Waals surface area contributed by atoms with E-state index in [1.54, 1.807) is 26.2 Å². The van der Waals surface area contributed by atoms with E-state index in [9.17, 15) is 18.8 Å². The molecule has 1 N–H and O–H groups in total. The fourth-order valence-electron chi connectivity index (χ4n) is 4.38. The highest BCUT2D eigenvalue weighted by Gasteiger charge is 2.35. The number of carbonyl (C=O) groups excluding carboxylic acids is 3. The average Bonchev–Trinajstić information content (AvgIpc) is 2.98. The molecular weight excluding hydrogens is 527 g/mol. The predicted octanol–water partition coefficient (Wildman–Crippen LogP) is 2.84. The first kappa shape index (κ1) is 30.8. The number of nitrogens with one attached hydrogen (secondary N) is 1. The number of ether oxygens (including phenoxy) is 6. The fourth-order valence-corrected chi connectivity index (χ4v) is 4.38. The van der Waals surface area contributed by atoms with Crippen molar-refractivity contribution >= 4 is 17.8 Å². The molecule has 11 nitrogen and oxygen atoms in total. The van der Waals surface area contributed by atoms with Gasteiger partial charge >= 0.3 is 11.9 Å². The number of esters is 2. The molecule has 1 aliphatic rings. The number of halogens is 1. The van der Waals surface area contributed by atoms with Gasteiger partial charge in [0.05, 0.1) is 13.2 Å². The highest BCUT2D eigenvalue weighted by atomic mass is 19.1. The smallest absolute Gasteiger partial charge is 0.329 e. The molecule has 0 bridgehead atoms. The Balaban J connectivity index is 1.78. The molecule has 1 amide bonds. The number of pyridine rings is 1. The van der Waals surface area contributed by atoms with Crippen LogP contribution in [0.3, 0.4) is 0 Å². The molecule has 2 heterocycles. The quantitative estimate of drug-likeness (QED) is 0.322. The van der Waals surface area contributed by atoms with E-state index in [1.165, 1.54) is 38.4 Å². The van der Waals surface area contributed by atoms with Crippen LogP contribution in [0.5, 0.6) is 11.5 Å². The molecule has 2 aromatic rings. The maximum atomic E-state index is 13.5. The molecule has 1 aromatic carbocycles. The second-order valence-corrected chi connectivity index (χ2v) is 9.23. The Bertz CT molecular complexity index is 1150. The molecule has 0 saturated carbocycles. The average molecular weight is 563 g/mol. The Hall–Kier alpha value is -3.77. The van der Waals surface area contributed by atoms with Crippen LogP contribution in [0, 0.1) is 11.7 Å². The van der Waals surface area contributed by atoms with Crippen LogP contribution in [0.4, 0.5) is 4.39 Å². The molecule has 1 aromatic heterocycles. The van der Waals surface area contributed by atoms with Crippen molar-refractivity contribution in [3.63, 3.8) is 0 Å².